The van der Waals surface area contributed by atoms with E-state index in [9.17, 15) is 9.59 Å². The van der Waals surface area contributed by atoms with Crippen molar-refractivity contribution in [1.82, 2.24) is 19.8 Å². The summed E-state index contributed by atoms with van der Waals surface area (Å²) in [6.45, 7) is 6.09. The fourth-order valence-electron chi connectivity index (χ4n) is 4.89. The van der Waals surface area contributed by atoms with Crippen LogP contribution in [0.3, 0.4) is 0 Å². The molecule has 0 unspecified atom stereocenters. The van der Waals surface area contributed by atoms with Crippen LogP contribution in [0.1, 0.15) is 21.5 Å². The maximum Gasteiger partial charge on any atom is 0.253 e. The number of benzene rings is 2. The Balaban J connectivity index is 1.11. The van der Waals surface area contributed by atoms with Crippen molar-refractivity contribution in [2.75, 3.05) is 62.4 Å². The van der Waals surface area contributed by atoms with E-state index in [0.29, 0.717) is 50.5 Å². The van der Waals surface area contributed by atoms with Crippen LogP contribution in [0.15, 0.2) is 97.2 Å². The molecule has 2 aromatic heterocycles. The van der Waals surface area contributed by atoms with Crippen LogP contribution in [0.2, 0.25) is 0 Å². The van der Waals surface area contributed by atoms with Gasteiger partial charge in [0.1, 0.15) is 11.6 Å². The van der Waals surface area contributed by atoms with Crippen molar-refractivity contribution < 1.29 is 9.59 Å². The number of aryl methyl sites for hydroxylation is 1. The van der Waals surface area contributed by atoms with Crippen molar-refractivity contribution in [2.45, 2.75) is 13.5 Å². The number of carbonyl (C=O) groups excluding carboxylic acids is 2. The van der Waals surface area contributed by atoms with E-state index in [1.54, 1.807) is 30.3 Å². The molecule has 1 aliphatic rings. The molecule has 0 radical (unpaired) electrons. The van der Waals surface area contributed by atoms with Gasteiger partial charge in [-0.05, 0) is 75.1 Å². The van der Waals surface area contributed by atoms with Gasteiger partial charge in [-0.1, -0.05) is 42.0 Å². The van der Waals surface area contributed by atoms with E-state index < -0.39 is 0 Å². The monoisotopic (exact) mass is 589 g/mol. The van der Waals surface area contributed by atoms with Gasteiger partial charge in [-0.25, -0.2) is 9.97 Å². The Morgan fingerprint density at radius 2 is 1.66 bits per heavy atom. The molecule has 0 atom stereocenters. The molecule has 9 heteroatoms. The number of nitrogens with one attached hydrogen (secondary N) is 2. The van der Waals surface area contributed by atoms with Gasteiger partial charge in [0.25, 0.3) is 5.91 Å². The molecule has 9 nitrogen and oxygen atoms in total. The molecule has 0 spiro atoms. The Labute approximate surface area is 259 Å². The van der Waals surface area contributed by atoms with Crippen molar-refractivity contribution in [1.29, 1.82) is 0 Å². The third-order valence-electron chi connectivity index (χ3n) is 7.42. The average molecular weight is 590 g/mol. The molecule has 0 aliphatic carbocycles. The molecule has 44 heavy (non-hydrogen) atoms. The lowest BCUT2D eigenvalue weighted by atomic mass is 10.1. The first kappa shape index (κ1) is 30.4. The minimum atomic E-state index is -0.195. The molecule has 2 N–H and O–H groups in total. The highest BCUT2D eigenvalue weighted by Crippen LogP contribution is 2.22. The molecule has 226 valence electrons. The fourth-order valence-corrected chi connectivity index (χ4v) is 4.89. The van der Waals surface area contributed by atoms with E-state index in [4.69, 9.17) is 9.97 Å². The summed E-state index contributed by atoms with van der Waals surface area (Å²) in [5.41, 5.74) is 5.52. The van der Waals surface area contributed by atoms with Gasteiger partial charge < -0.3 is 25.3 Å². The van der Waals surface area contributed by atoms with Gasteiger partial charge in [0, 0.05) is 68.4 Å². The number of anilines is 3. The number of carbonyl (C=O) groups is 2. The second kappa shape index (κ2) is 14.4. The summed E-state index contributed by atoms with van der Waals surface area (Å²) in [5.74, 6) is 1.49. The Morgan fingerprint density at radius 3 is 2.34 bits per heavy atom. The number of rotatable bonds is 10. The zero-order valence-corrected chi connectivity index (χ0v) is 25.5. The normalized spacial score (nSPS) is 13.4. The Morgan fingerprint density at radius 1 is 0.909 bits per heavy atom. The molecule has 0 saturated carbocycles. The summed E-state index contributed by atoms with van der Waals surface area (Å²) in [6, 6.07) is 25.5. The lowest BCUT2D eigenvalue weighted by Gasteiger charge is -2.35. The predicted octanol–water partition coefficient (Wildman–Crippen LogP) is 5.08. The second-order valence-corrected chi connectivity index (χ2v) is 11.2. The van der Waals surface area contributed by atoms with Crippen molar-refractivity contribution in [3.05, 3.63) is 114 Å². The van der Waals surface area contributed by atoms with Crippen molar-refractivity contribution in [3.63, 3.8) is 0 Å². The molecule has 1 saturated heterocycles. The number of hydrogen-bond donors (Lipinski definition) is 2. The molecular formula is C35H39N7O2. The molecule has 5 rings (SSSR count). The largest absolute Gasteiger partial charge is 0.366 e. The number of aromatic nitrogens is 2. The Hall–Kier alpha value is -5.02. The maximum atomic E-state index is 13.1. The van der Waals surface area contributed by atoms with Crippen LogP contribution < -0.4 is 15.5 Å². The van der Waals surface area contributed by atoms with Crippen LogP contribution in [0, 0.1) is 6.92 Å². The quantitative estimate of drug-likeness (QED) is 0.249. The smallest absolute Gasteiger partial charge is 0.253 e. The number of nitrogens with zero attached hydrogens (tertiary/aromatic N) is 5. The van der Waals surface area contributed by atoms with Crippen LogP contribution in [0.5, 0.6) is 0 Å². The summed E-state index contributed by atoms with van der Waals surface area (Å²) < 4.78 is 0. The summed E-state index contributed by atoms with van der Waals surface area (Å²) in [6.07, 6.45) is 5.18. The highest BCUT2D eigenvalue weighted by Gasteiger charge is 2.23. The van der Waals surface area contributed by atoms with Gasteiger partial charge in [-0.2, -0.15) is 0 Å². The number of likely N-dealkylation sites (N-methyl/N-ethyl adjacent to an activating group) is 1. The molecule has 1 aliphatic heterocycles. The number of pyridine rings is 2. The standard InChI is InChI=1S/C35H39N7O2/c1-26-9-11-27(12-10-26)24-36-32-7-4-6-31(39-32)29-15-18-33(37-25-29)41-20-22-42(23-21-41)35(44)28-13-16-30(17-14-28)38-34(43)8-5-19-40(2)3/h4-18,25H,19-24H2,1-3H3,(H,36,39)(H,38,43)/b8-5+. The van der Waals surface area contributed by atoms with Crippen LogP contribution in [-0.4, -0.2) is 78.4 Å². The molecule has 4 aromatic rings. The highest BCUT2D eigenvalue weighted by atomic mass is 16.2. The SMILES string of the molecule is Cc1ccc(CNc2cccc(-c3ccc(N4CCN(C(=O)c5ccc(NC(=O)/C=C/CN(C)C)cc5)CC4)nc3)n2)cc1. The Kier molecular flexibility index (Phi) is 9.99. The van der Waals surface area contributed by atoms with Crippen LogP contribution in [-0.2, 0) is 11.3 Å². The first-order valence-corrected chi connectivity index (χ1v) is 14.8. The van der Waals surface area contributed by atoms with Gasteiger partial charge in [-0.15, -0.1) is 0 Å². The van der Waals surface area contributed by atoms with Crippen molar-refractivity contribution in [3.8, 4) is 11.3 Å². The Bertz CT molecular complexity index is 1580. The van der Waals surface area contributed by atoms with Crippen LogP contribution in [0.25, 0.3) is 11.3 Å². The van der Waals surface area contributed by atoms with Gasteiger partial charge in [0.05, 0.1) is 5.69 Å². The number of piperazine rings is 1. The van der Waals surface area contributed by atoms with Crippen molar-refractivity contribution >= 4 is 29.1 Å². The molecule has 0 bridgehead atoms. The lowest BCUT2D eigenvalue weighted by Crippen LogP contribution is -2.49. The van der Waals surface area contributed by atoms with E-state index in [1.165, 1.54) is 17.2 Å². The second-order valence-electron chi connectivity index (χ2n) is 11.2. The molecule has 2 aromatic carbocycles. The van der Waals surface area contributed by atoms with E-state index in [2.05, 4.69) is 46.7 Å². The summed E-state index contributed by atoms with van der Waals surface area (Å²) in [7, 11) is 3.88. The zero-order valence-electron chi connectivity index (χ0n) is 25.5. The minimum Gasteiger partial charge on any atom is -0.366 e. The van der Waals surface area contributed by atoms with Gasteiger partial charge in [0.2, 0.25) is 5.91 Å². The third kappa shape index (κ3) is 8.29. The average Bonchev–Trinajstić information content (AvgIpc) is 3.05. The molecule has 2 amide bonds. The first-order chi connectivity index (χ1) is 21.3. The zero-order chi connectivity index (χ0) is 30.9. The number of amides is 2. The first-order valence-electron chi connectivity index (χ1n) is 14.8. The molecule has 1 fully saturated rings. The highest BCUT2D eigenvalue weighted by molar-refractivity contribution is 6.00. The van der Waals surface area contributed by atoms with Gasteiger partial charge >= 0.3 is 0 Å². The van der Waals surface area contributed by atoms with Gasteiger partial charge in [0.15, 0.2) is 0 Å². The minimum absolute atomic E-state index is 0.0151. The van der Waals surface area contributed by atoms with Gasteiger partial charge in [-0.3, -0.25) is 9.59 Å². The van der Waals surface area contributed by atoms with E-state index in [-0.39, 0.29) is 11.8 Å². The lowest BCUT2D eigenvalue weighted by molar-refractivity contribution is -0.111. The topological polar surface area (TPSA) is 93.7 Å². The summed E-state index contributed by atoms with van der Waals surface area (Å²) in [4.78, 5) is 40.7. The van der Waals surface area contributed by atoms with E-state index >= 15 is 0 Å². The molecule has 3 heterocycles. The van der Waals surface area contributed by atoms with Crippen molar-refractivity contribution in [2.24, 2.45) is 0 Å². The number of hydrogen-bond acceptors (Lipinski definition) is 7. The fraction of sp³-hybridized carbons (Fsp3) is 0.257. The third-order valence-corrected chi connectivity index (χ3v) is 7.42. The predicted molar refractivity (Wildman–Crippen MR) is 177 cm³/mol. The summed E-state index contributed by atoms with van der Waals surface area (Å²) >= 11 is 0. The molecular weight excluding hydrogens is 550 g/mol. The maximum absolute atomic E-state index is 13.1. The summed E-state index contributed by atoms with van der Waals surface area (Å²) in [5, 5.41) is 6.23. The van der Waals surface area contributed by atoms with Crippen LogP contribution >= 0.6 is 0 Å². The van der Waals surface area contributed by atoms with Crippen LogP contribution in [0.4, 0.5) is 17.3 Å². The van der Waals surface area contributed by atoms with E-state index in [1.807, 2.05) is 60.4 Å². The van der Waals surface area contributed by atoms with E-state index in [0.717, 1.165) is 22.9 Å².